The van der Waals surface area contributed by atoms with Gasteiger partial charge in [-0.15, -0.1) is 0 Å². The summed E-state index contributed by atoms with van der Waals surface area (Å²) in [7, 11) is 0. The number of nitrogens with two attached hydrogens (primary N) is 1. The molecule has 0 aromatic carbocycles. The molecule has 0 bridgehead atoms. The summed E-state index contributed by atoms with van der Waals surface area (Å²) in [5.41, 5.74) is 7.35. The van der Waals surface area contributed by atoms with Crippen molar-refractivity contribution >= 4 is 0 Å². The second-order valence-electron chi connectivity index (χ2n) is 4.31. The number of pyridine rings is 1. The van der Waals surface area contributed by atoms with E-state index in [1.807, 2.05) is 18.3 Å². The van der Waals surface area contributed by atoms with Crippen LogP contribution in [0.3, 0.4) is 0 Å². The van der Waals surface area contributed by atoms with Crippen LogP contribution in [0.4, 0.5) is 0 Å². The van der Waals surface area contributed by atoms with Crippen LogP contribution in [0.15, 0.2) is 24.4 Å². The van der Waals surface area contributed by atoms with Gasteiger partial charge < -0.3 is 5.73 Å². The summed E-state index contributed by atoms with van der Waals surface area (Å²) in [6, 6.07) is 6.35. The van der Waals surface area contributed by atoms with Crippen LogP contribution >= 0.6 is 0 Å². The zero-order valence-electron chi connectivity index (χ0n) is 8.69. The van der Waals surface area contributed by atoms with Crippen molar-refractivity contribution in [1.82, 2.24) is 4.98 Å². The van der Waals surface area contributed by atoms with Crippen molar-refractivity contribution in [3.63, 3.8) is 0 Å². The van der Waals surface area contributed by atoms with E-state index in [2.05, 4.69) is 18.0 Å². The van der Waals surface area contributed by atoms with Crippen molar-refractivity contribution in [2.45, 2.75) is 38.1 Å². The SMILES string of the molecule is CC(c1ccccn1)C(N)C1CCC1. The maximum atomic E-state index is 6.21. The molecule has 1 aromatic heterocycles. The summed E-state index contributed by atoms with van der Waals surface area (Å²) in [4.78, 5) is 4.36. The molecule has 2 N–H and O–H groups in total. The van der Waals surface area contributed by atoms with Crippen LogP contribution in [0.5, 0.6) is 0 Å². The summed E-state index contributed by atoms with van der Waals surface area (Å²) >= 11 is 0. The minimum absolute atomic E-state index is 0.290. The van der Waals surface area contributed by atoms with Crippen LogP contribution in [-0.2, 0) is 0 Å². The van der Waals surface area contributed by atoms with Gasteiger partial charge in [0.05, 0.1) is 0 Å². The standard InChI is InChI=1S/C12H18N2/c1-9(11-7-2-3-8-14-11)12(13)10-5-4-6-10/h2-3,7-10,12H,4-6,13H2,1H3. The fraction of sp³-hybridized carbons (Fsp3) is 0.583. The summed E-state index contributed by atoms with van der Waals surface area (Å²) in [5.74, 6) is 1.12. The van der Waals surface area contributed by atoms with E-state index in [0.29, 0.717) is 12.0 Å². The molecular weight excluding hydrogens is 172 g/mol. The highest BCUT2D eigenvalue weighted by molar-refractivity contribution is 5.11. The lowest BCUT2D eigenvalue weighted by atomic mass is 9.75. The Hall–Kier alpha value is -0.890. The Morgan fingerprint density at radius 1 is 1.43 bits per heavy atom. The first kappa shape index (κ1) is 9.66. The van der Waals surface area contributed by atoms with Gasteiger partial charge in [0, 0.05) is 23.9 Å². The molecule has 0 aliphatic heterocycles. The van der Waals surface area contributed by atoms with E-state index in [9.17, 15) is 0 Å². The van der Waals surface area contributed by atoms with E-state index in [-0.39, 0.29) is 0 Å². The molecule has 1 aliphatic carbocycles. The molecule has 1 heterocycles. The fourth-order valence-corrected chi connectivity index (χ4v) is 2.08. The molecule has 0 radical (unpaired) electrons. The third-order valence-electron chi connectivity index (χ3n) is 3.43. The van der Waals surface area contributed by atoms with E-state index in [1.165, 1.54) is 19.3 Å². The lowest BCUT2D eigenvalue weighted by molar-refractivity contribution is 0.240. The molecule has 1 fully saturated rings. The summed E-state index contributed by atoms with van der Waals surface area (Å²) in [5, 5.41) is 0. The predicted molar refractivity (Wildman–Crippen MR) is 58.0 cm³/mol. The third-order valence-corrected chi connectivity index (χ3v) is 3.43. The third kappa shape index (κ3) is 1.80. The van der Waals surface area contributed by atoms with Gasteiger partial charge in [0.15, 0.2) is 0 Å². The maximum absolute atomic E-state index is 6.21. The van der Waals surface area contributed by atoms with Crippen molar-refractivity contribution in [2.75, 3.05) is 0 Å². The van der Waals surface area contributed by atoms with Crippen molar-refractivity contribution in [1.29, 1.82) is 0 Å². The first-order valence-electron chi connectivity index (χ1n) is 5.45. The Labute approximate surface area is 85.5 Å². The molecule has 2 unspecified atom stereocenters. The molecule has 2 heteroatoms. The van der Waals surface area contributed by atoms with Crippen molar-refractivity contribution < 1.29 is 0 Å². The largest absolute Gasteiger partial charge is 0.327 e. The number of aromatic nitrogens is 1. The van der Waals surface area contributed by atoms with E-state index < -0.39 is 0 Å². The van der Waals surface area contributed by atoms with Gasteiger partial charge in [-0.3, -0.25) is 4.98 Å². The van der Waals surface area contributed by atoms with Gasteiger partial charge in [-0.05, 0) is 30.9 Å². The normalized spacial score (nSPS) is 21.3. The average molecular weight is 190 g/mol. The molecule has 2 nitrogen and oxygen atoms in total. The van der Waals surface area contributed by atoms with E-state index in [4.69, 9.17) is 5.73 Å². The Morgan fingerprint density at radius 2 is 2.21 bits per heavy atom. The van der Waals surface area contributed by atoms with Crippen molar-refractivity contribution in [3.8, 4) is 0 Å². The van der Waals surface area contributed by atoms with Crippen molar-refractivity contribution in [3.05, 3.63) is 30.1 Å². The van der Waals surface area contributed by atoms with Crippen LogP contribution in [-0.4, -0.2) is 11.0 Å². The van der Waals surface area contributed by atoms with E-state index in [1.54, 1.807) is 0 Å². The summed E-state index contributed by atoms with van der Waals surface area (Å²) in [6.45, 7) is 2.19. The molecule has 76 valence electrons. The highest BCUT2D eigenvalue weighted by Crippen LogP contribution is 2.34. The highest BCUT2D eigenvalue weighted by atomic mass is 14.7. The Kier molecular flexibility index (Phi) is 2.82. The first-order valence-corrected chi connectivity index (χ1v) is 5.45. The molecule has 2 atom stereocenters. The van der Waals surface area contributed by atoms with Crippen LogP contribution in [0.2, 0.25) is 0 Å². The average Bonchev–Trinajstić information content (AvgIpc) is 2.15. The zero-order chi connectivity index (χ0) is 9.97. The number of nitrogens with zero attached hydrogens (tertiary/aromatic N) is 1. The lowest BCUT2D eigenvalue weighted by Gasteiger charge is -2.34. The molecule has 0 amide bonds. The molecule has 1 aromatic rings. The molecule has 1 saturated carbocycles. The van der Waals surface area contributed by atoms with Gasteiger partial charge in [-0.2, -0.15) is 0 Å². The van der Waals surface area contributed by atoms with Crippen LogP contribution in [0.25, 0.3) is 0 Å². The van der Waals surface area contributed by atoms with E-state index in [0.717, 1.165) is 11.6 Å². The Morgan fingerprint density at radius 3 is 2.71 bits per heavy atom. The number of hydrogen-bond acceptors (Lipinski definition) is 2. The quantitative estimate of drug-likeness (QED) is 0.794. The van der Waals surface area contributed by atoms with Crippen LogP contribution in [0, 0.1) is 5.92 Å². The van der Waals surface area contributed by atoms with Gasteiger partial charge in [-0.25, -0.2) is 0 Å². The molecule has 14 heavy (non-hydrogen) atoms. The second-order valence-corrected chi connectivity index (χ2v) is 4.31. The smallest absolute Gasteiger partial charge is 0.0447 e. The minimum Gasteiger partial charge on any atom is -0.327 e. The van der Waals surface area contributed by atoms with Crippen LogP contribution < -0.4 is 5.73 Å². The predicted octanol–water partition coefficient (Wildman–Crippen LogP) is 2.31. The number of hydrogen-bond donors (Lipinski definition) is 1. The highest BCUT2D eigenvalue weighted by Gasteiger charge is 2.29. The zero-order valence-corrected chi connectivity index (χ0v) is 8.69. The van der Waals surface area contributed by atoms with Crippen LogP contribution in [0.1, 0.15) is 37.8 Å². The Bertz CT molecular complexity index is 280. The van der Waals surface area contributed by atoms with Gasteiger partial charge in [-0.1, -0.05) is 19.4 Å². The monoisotopic (exact) mass is 190 g/mol. The molecule has 2 rings (SSSR count). The van der Waals surface area contributed by atoms with Crippen molar-refractivity contribution in [2.24, 2.45) is 11.7 Å². The minimum atomic E-state index is 0.290. The fourth-order valence-electron chi connectivity index (χ4n) is 2.08. The van der Waals surface area contributed by atoms with E-state index >= 15 is 0 Å². The first-order chi connectivity index (χ1) is 6.79. The summed E-state index contributed by atoms with van der Waals surface area (Å²) in [6.07, 6.45) is 5.81. The topological polar surface area (TPSA) is 38.9 Å². The lowest BCUT2D eigenvalue weighted by Crippen LogP contribution is -2.38. The maximum Gasteiger partial charge on any atom is 0.0447 e. The second kappa shape index (κ2) is 4.09. The van der Waals surface area contributed by atoms with Gasteiger partial charge in [0.25, 0.3) is 0 Å². The molecule has 0 spiro atoms. The molecule has 0 saturated heterocycles. The molecular formula is C12H18N2. The van der Waals surface area contributed by atoms with Gasteiger partial charge >= 0.3 is 0 Å². The summed E-state index contributed by atoms with van der Waals surface area (Å²) < 4.78 is 0. The Balaban J connectivity index is 2.03. The van der Waals surface area contributed by atoms with Gasteiger partial charge in [0.1, 0.15) is 0 Å². The molecule has 1 aliphatic rings. The number of rotatable bonds is 3. The van der Waals surface area contributed by atoms with Gasteiger partial charge in [0.2, 0.25) is 0 Å².